The van der Waals surface area contributed by atoms with Gasteiger partial charge >= 0.3 is 5.69 Å². The highest BCUT2D eigenvalue weighted by atomic mass is 19.1. The van der Waals surface area contributed by atoms with E-state index in [9.17, 15) is 23.9 Å². The Morgan fingerprint density at radius 2 is 1.97 bits per heavy atom. The van der Waals surface area contributed by atoms with Crippen LogP contribution < -0.4 is 5.69 Å². The first kappa shape index (κ1) is 21.1. The number of hydrogen-bond donors (Lipinski definition) is 1. The fourth-order valence-corrected chi connectivity index (χ4v) is 4.88. The summed E-state index contributed by atoms with van der Waals surface area (Å²) in [6.07, 6.45) is 2.42. The molecule has 35 heavy (non-hydrogen) atoms. The summed E-state index contributed by atoms with van der Waals surface area (Å²) in [7, 11) is 1.57. The number of fused-ring (bicyclic) bond motifs is 3. The van der Waals surface area contributed by atoms with Crippen LogP contribution in [-0.4, -0.2) is 33.8 Å². The maximum Gasteiger partial charge on any atom is 0.330 e. The predicted molar refractivity (Wildman–Crippen MR) is 121 cm³/mol. The van der Waals surface area contributed by atoms with Gasteiger partial charge in [0, 0.05) is 18.7 Å². The first-order chi connectivity index (χ1) is 16.9. The van der Waals surface area contributed by atoms with Crippen LogP contribution in [0.1, 0.15) is 41.7 Å². The summed E-state index contributed by atoms with van der Waals surface area (Å²) in [5, 5.41) is 19.7. The van der Waals surface area contributed by atoms with Crippen molar-refractivity contribution in [3.8, 4) is 12.0 Å². The van der Waals surface area contributed by atoms with E-state index in [0.29, 0.717) is 22.1 Å². The third-order valence-corrected chi connectivity index (χ3v) is 6.56. The summed E-state index contributed by atoms with van der Waals surface area (Å²) >= 11 is 0. The Morgan fingerprint density at radius 1 is 1.14 bits per heavy atom. The second-order valence-electron chi connectivity index (χ2n) is 8.52. The molecular formula is C24H17F2N7O2. The standard InChI is InChI=1S/C24H17F2N7O2/c1-31-19-10-28-23(32-11-29-16-3-2-12(9-27)6-18(16)32)30-22(19)33(24(31)35)17-4-5-20(34)21-14(17)7-13(25)8-15(21)26/h2-3,6-8,10-11,17,20,34H,4-5H2,1H3. The van der Waals surface area contributed by atoms with Crippen LogP contribution in [0.2, 0.25) is 0 Å². The summed E-state index contributed by atoms with van der Waals surface area (Å²) in [5.41, 5.74) is 2.18. The van der Waals surface area contributed by atoms with Gasteiger partial charge in [-0.25, -0.2) is 23.5 Å². The summed E-state index contributed by atoms with van der Waals surface area (Å²) in [4.78, 5) is 26.7. The second kappa shape index (κ2) is 7.54. The van der Waals surface area contributed by atoms with Crippen molar-refractivity contribution in [2.45, 2.75) is 25.0 Å². The highest BCUT2D eigenvalue weighted by molar-refractivity contribution is 5.79. The van der Waals surface area contributed by atoms with Crippen molar-refractivity contribution in [1.82, 2.24) is 28.7 Å². The molecule has 0 spiro atoms. The van der Waals surface area contributed by atoms with Gasteiger partial charge in [-0.1, -0.05) is 0 Å². The van der Waals surface area contributed by atoms with E-state index in [4.69, 9.17) is 0 Å². The zero-order valence-electron chi connectivity index (χ0n) is 18.4. The van der Waals surface area contributed by atoms with E-state index in [1.54, 1.807) is 29.8 Å². The summed E-state index contributed by atoms with van der Waals surface area (Å²) < 4.78 is 33.2. The van der Waals surface area contributed by atoms with Gasteiger partial charge in [-0.05, 0) is 42.7 Å². The Balaban J connectivity index is 1.59. The van der Waals surface area contributed by atoms with Crippen LogP contribution >= 0.6 is 0 Å². The molecule has 0 aliphatic heterocycles. The number of imidazole rings is 2. The molecule has 2 unspecified atom stereocenters. The SMILES string of the molecule is Cn1c(=O)n(C2CCC(O)c3c(F)cc(F)cc32)c2nc(-n3cnc4ccc(C#N)cc43)ncc21. The number of benzene rings is 2. The van der Waals surface area contributed by atoms with Crippen LogP contribution in [0.4, 0.5) is 8.78 Å². The molecule has 9 nitrogen and oxygen atoms in total. The van der Waals surface area contributed by atoms with Crippen molar-refractivity contribution in [2.75, 3.05) is 0 Å². The molecular weight excluding hydrogens is 456 g/mol. The number of hydrogen-bond acceptors (Lipinski definition) is 6. The number of halogens is 2. The van der Waals surface area contributed by atoms with Crippen molar-refractivity contribution in [3.63, 3.8) is 0 Å². The van der Waals surface area contributed by atoms with E-state index in [1.807, 2.05) is 0 Å². The highest BCUT2D eigenvalue weighted by Gasteiger charge is 2.33. The minimum atomic E-state index is -1.09. The third kappa shape index (κ3) is 3.07. The molecule has 0 saturated carbocycles. The molecule has 6 rings (SSSR count). The van der Waals surface area contributed by atoms with Crippen LogP contribution in [0.3, 0.4) is 0 Å². The molecule has 2 atom stereocenters. The van der Waals surface area contributed by atoms with Gasteiger partial charge in [-0.15, -0.1) is 0 Å². The molecule has 1 aliphatic rings. The van der Waals surface area contributed by atoms with Crippen LogP contribution in [0.15, 0.2) is 47.7 Å². The highest BCUT2D eigenvalue weighted by Crippen LogP contribution is 2.40. The molecule has 0 bridgehead atoms. The van der Waals surface area contributed by atoms with Gasteiger partial charge in [-0.2, -0.15) is 10.2 Å². The quantitative estimate of drug-likeness (QED) is 0.422. The van der Waals surface area contributed by atoms with Gasteiger partial charge in [0.25, 0.3) is 0 Å². The Kier molecular flexibility index (Phi) is 4.55. The monoisotopic (exact) mass is 473 g/mol. The first-order valence-corrected chi connectivity index (χ1v) is 10.9. The number of nitrogens with zero attached hydrogens (tertiary/aromatic N) is 7. The van der Waals surface area contributed by atoms with E-state index < -0.39 is 29.5 Å². The molecule has 2 aromatic carbocycles. The molecule has 174 valence electrons. The van der Waals surface area contributed by atoms with Crippen molar-refractivity contribution in [2.24, 2.45) is 7.05 Å². The van der Waals surface area contributed by atoms with Crippen molar-refractivity contribution < 1.29 is 13.9 Å². The lowest BCUT2D eigenvalue weighted by molar-refractivity contribution is 0.142. The lowest BCUT2D eigenvalue weighted by Crippen LogP contribution is -2.30. The second-order valence-corrected chi connectivity index (χ2v) is 8.52. The van der Waals surface area contributed by atoms with E-state index >= 15 is 0 Å². The lowest BCUT2D eigenvalue weighted by atomic mass is 9.85. The Hall–Kier alpha value is -4.43. The molecule has 3 aromatic heterocycles. The largest absolute Gasteiger partial charge is 0.388 e. The third-order valence-electron chi connectivity index (χ3n) is 6.56. The maximum atomic E-state index is 14.6. The van der Waals surface area contributed by atoms with Gasteiger partial charge in [0.05, 0.1) is 41.0 Å². The van der Waals surface area contributed by atoms with E-state index in [0.717, 1.165) is 12.1 Å². The summed E-state index contributed by atoms with van der Waals surface area (Å²) in [6, 6.07) is 8.29. The zero-order chi connectivity index (χ0) is 24.4. The van der Waals surface area contributed by atoms with Gasteiger partial charge in [0.2, 0.25) is 5.95 Å². The van der Waals surface area contributed by atoms with E-state index in [2.05, 4.69) is 21.0 Å². The zero-order valence-corrected chi connectivity index (χ0v) is 18.4. The lowest BCUT2D eigenvalue weighted by Gasteiger charge is -2.30. The molecule has 11 heteroatoms. The molecule has 0 radical (unpaired) electrons. The smallest absolute Gasteiger partial charge is 0.330 e. The molecule has 1 N–H and O–H groups in total. The fraction of sp³-hybridized carbons (Fsp3) is 0.208. The Morgan fingerprint density at radius 3 is 2.77 bits per heavy atom. The average Bonchev–Trinajstić information content (AvgIpc) is 3.37. The summed E-state index contributed by atoms with van der Waals surface area (Å²) in [5.74, 6) is -1.42. The maximum absolute atomic E-state index is 14.6. The number of rotatable bonds is 2. The normalized spacial score (nSPS) is 17.6. The number of aliphatic hydroxyl groups excluding tert-OH is 1. The molecule has 0 fully saturated rings. The molecule has 1 aliphatic carbocycles. The average molecular weight is 473 g/mol. The number of aliphatic hydroxyl groups is 1. The van der Waals surface area contributed by atoms with Crippen LogP contribution in [0.25, 0.3) is 28.1 Å². The van der Waals surface area contributed by atoms with Crippen LogP contribution in [0.5, 0.6) is 0 Å². The minimum Gasteiger partial charge on any atom is -0.388 e. The van der Waals surface area contributed by atoms with E-state index in [1.165, 1.54) is 21.7 Å². The van der Waals surface area contributed by atoms with Crippen LogP contribution in [-0.2, 0) is 7.05 Å². The number of aromatic nitrogens is 6. The fourth-order valence-electron chi connectivity index (χ4n) is 4.88. The van der Waals surface area contributed by atoms with Gasteiger partial charge in [-0.3, -0.25) is 13.7 Å². The topological polar surface area (TPSA) is 115 Å². The molecule has 5 aromatic rings. The summed E-state index contributed by atoms with van der Waals surface area (Å²) in [6.45, 7) is 0. The molecule has 3 heterocycles. The number of nitriles is 1. The molecule has 0 saturated heterocycles. The van der Waals surface area contributed by atoms with Crippen LogP contribution in [0, 0.1) is 23.0 Å². The van der Waals surface area contributed by atoms with Gasteiger partial charge in [0.1, 0.15) is 23.5 Å². The van der Waals surface area contributed by atoms with Crippen molar-refractivity contribution in [1.29, 1.82) is 5.26 Å². The number of aryl methyl sites for hydroxylation is 1. The van der Waals surface area contributed by atoms with E-state index in [-0.39, 0.29) is 35.6 Å². The minimum absolute atomic E-state index is 0.00882. The molecule has 0 amide bonds. The Labute approximate surface area is 196 Å². The predicted octanol–water partition coefficient (Wildman–Crippen LogP) is 3.04. The van der Waals surface area contributed by atoms with Gasteiger partial charge < -0.3 is 5.11 Å². The first-order valence-electron chi connectivity index (χ1n) is 10.9. The van der Waals surface area contributed by atoms with Crippen molar-refractivity contribution >= 4 is 22.2 Å². The Bertz CT molecular complexity index is 1760. The van der Waals surface area contributed by atoms with Crippen molar-refractivity contribution in [3.05, 3.63) is 81.7 Å². The van der Waals surface area contributed by atoms with Gasteiger partial charge in [0.15, 0.2) is 5.65 Å².